The molecule has 1 saturated heterocycles. The summed E-state index contributed by atoms with van der Waals surface area (Å²) in [6.07, 6.45) is 4.81. The van der Waals surface area contributed by atoms with Crippen LogP contribution in [-0.2, 0) is 0 Å². The first kappa shape index (κ1) is 22.3. The second-order valence-corrected chi connectivity index (χ2v) is 8.44. The molecule has 0 saturated carbocycles. The van der Waals surface area contributed by atoms with Crippen LogP contribution in [0.1, 0.15) is 40.9 Å². The van der Waals surface area contributed by atoms with Gasteiger partial charge in [-0.2, -0.15) is 10.4 Å². The minimum absolute atomic E-state index is 0.219. The van der Waals surface area contributed by atoms with Crippen molar-refractivity contribution >= 4 is 23.1 Å². The van der Waals surface area contributed by atoms with Gasteiger partial charge in [-0.3, -0.25) is 14.9 Å². The van der Waals surface area contributed by atoms with E-state index in [9.17, 15) is 14.4 Å². The van der Waals surface area contributed by atoms with Crippen LogP contribution in [0.15, 0.2) is 42.7 Å². The second kappa shape index (κ2) is 9.28. The Labute approximate surface area is 191 Å². The number of aromatic amines is 1. The molecule has 0 radical (unpaired) electrons. The Morgan fingerprint density at radius 3 is 2.64 bits per heavy atom. The number of aromatic nitrogens is 3. The molecule has 8 nitrogen and oxygen atoms in total. The number of hydrogen-bond donors (Lipinski definition) is 3. The fraction of sp³-hybridized carbons (Fsp3) is 0.333. The van der Waals surface area contributed by atoms with Crippen LogP contribution in [-0.4, -0.2) is 39.7 Å². The average molecular weight is 448 g/mol. The summed E-state index contributed by atoms with van der Waals surface area (Å²) in [5.74, 6) is -0.251. The molecule has 0 atom stereocenters. The van der Waals surface area contributed by atoms with E-state index < -0.39 is 5.54 Å². The minimum atomic E-state index is -0.625. The van der Waals surface area contributed by atoms with Crippen LogP contribution in [0, 0.1) is 31.0 Å². The molecule has 2 aromatic heterocycles. The van der Waals surface area contributed by atoms with Gasteiger partial charge in [-0.05, 0) is 62.6 Å². The molecule has 0 unspecified atom stereocenters. The number of piperidine rings is 1. The number of carbonyl (C=O) groups is 1. The largest absolute Gasteiger partial charge is 0.370 e. The SMILES string of the molecule is Cc1cc(N2CCC(CC#N)(NC(=O)c3cn[nH]c3Nc3ccc(F)cc3)CC2)cnc1C. The highest BCUT2D eigenvalue weighted by Crippen LogP contribution is 2.30. The van der Waals surface area contributed by atoms with Crippen molar-refractivity contribution in [1.82, 2.24) is 20.5 Å². The first-order valence-corrected chi connectivity index (χ1v) is 10.8. The van der Waals surface area contributed by atoms with E-state index in [1.165, 1.54) is 18.3 Å². The molecule has 3 N–H and O–H groups in total. The number of anilines is 3. The Morgan fingerprint density at radius 1 is 1.24 bits per heavy atom. The lowest BCUT2D eigenvalue weighted by Gasteiger charge is -2.42. The van der Waals surface area contributed by atoms with Gasteiger partial charge in [0.05, 0.1) is 36.1 Å². The molecule has 33 heavy (non-hydrogen) atoms. The first-order valence-electron chi connectivity index (χ1n) is 10.8. The fourth-order valence-electron chi connectivity index (χ4n) is 4.03. The van der Waals surface area contributed by atoms with E-state index in [0.717, 1.165) is 16.9 Å². The Morgan fingerprint density at radius 2 is 1.97 bits per heavy atom. The first-order chi connectivity index (χ1) is 15.9. The van der Waals surface area contributed by atoms with Crippen LogP contribution in [0.3, 0.4) is 0 Å². The van der Waals surface area contributed by atoms with Crippen molar-refractivity contribution in [3.63, 3.8) is 0 Å². The van der Waals surface area contributed by atoms with E-state index in [-0.39, 0.29) is 18.1 Å². The van der Waals surface area contributed by atoms with Gasteiger partial charge in [0, 0.05) is 24.5 Å². The van der Waals surface area contributed by atoms with Crippen molar-refractivity contribution in [3.05, 3.63) is 65.4 Å². The van der Waals surface area contributed by atoms with Crippen LogP contribution in [0.2, 0.25) is 0 Å². The lowest BCUT2D eigenvalue weighted by molar-refractivity contribution is 0.0883. The second-order valence-electron chi connectivity index (χ2n) is 8.44. The fourth-order valence-corrected chi connectivity index (χ4v) is 4.03. The number of rotatable bonds is 6. The van der Waals surface area contributed by atoms with Gasteiger partial charge in [0.1, 0.15) is 17.2 Å². The van der Waals surface area contributed by atoms with Crippen LogP contribution in [0.25, 0.3) is 0 Å². The van der Waals surface area contributed by atoms with Gasteiger partial charge < -0.3 is 15.5 Å². The predicted molar refractivity (Wildman–Crippen MR) is 124 cm³/mol. The minimum Gasteiger partial charge on any atom is -0.370 e. The van der Waals surface area contributed by atoms with Crippen molar-refractivity contribution in [3.8, 4) is 6.07 Å². The van der Waals surface area contributed by atoms with Crippen molar-refractivity contribution in [2.24, 2.45) is 0 Å². The highest BCUT2D eigenvalue weighted by molar-refractivity contribution is 5.99. The number of hydrogen-bond acceptors (Lipinski definition) is 6. The Balaban J connectivity index is 1.46. The monoisotopic (exact) mass is 447 g/mol. The number of pyridine rings is 1. The summed E-state index contributed by atoms with van der Waals surface area (Å²) in [5, 5.41) is 22.4. The molecule has 3 heterocycles. The van der Waals surface area contributed by atoms with Crippen LogP contribution in [0.4, 0.5) is 21.6 Å². The predicted octanol–water partition coefficient (Wildman–Crippen LogP) is 3.99. The van der Waals surface area contributed by atoms with Crippen LogP contribution in [0.5, 0.6) is 0 Å². The molecule has 1 amide bonds. The summed E-state index contributed by atoms with van der Waals surface area (Å²) in [6.45, 7) is 5.44. The standard InChI is InChI=1S/C24H26FN7O/c1-16-13-20(14-27-17(16)2)32-11-8-24(7-10-26,9-12-32)30-23(33)21-15-28-31-22(21)29-19-5-3-18(25)4-6-19/h3-6,13-15H,7-9,11-12H2,1-2H3,(H,30,33)(H2,28,29,31). The van der Waals surface area contributed by atoms with Crippen molar-refractivity contribution < 1.29 is 9.18 Å². The molecule has 4 rings (SSSR count). The third-order valence-corrected chi connectivity index (χ3v) is 6.20. The molecule has 1 aliphatic heterocycles. The van der Waals surface area contributed by atoms with E-state index in [2.05, 4.69) is 42.9 Å². The maximum Gasteiger partial charge on any atom is 0.257 e. The number of H-pyrrole nitrogens is 1. The number of benzene rings is 1. The van der Waals surface area contributed by atoms with Gasteiger partial charge in [-0.15, -0.1) is 0 Å². The Kier molecular flexibility index (Phi) is 6.27. The highest BCUT2D eigenvalue weighted by Gasteiger charge is 2.37. The Bertz CT molecular complexity index is 1170. The van der Waals surface area contributed by atoms with Crippen molar-refractivity contribution in [2.45, 2.75) is 38.6 Å². The van der Waals surface area contributed by atoms with Gasteiger partial charge >= 0.3 is 0 Å². The summed E-state index contributed by atoms with van der Waals surface area (Å²) >= 11 is 0. The molecule has 3 aromatic rings. The van der Waals surface area contributed by atoms with Crippen LogP contribution < -0.4 is 15.5 Å². The maximum atomic E-state index is 13.2. The summed E-state index contributed by atoms with van der Waals surface area (Å²) < 4.78 is 13.2. The molecule has 1 fully saturated rings. The number of nitrogens with one attached hydrogen (secondary N) is 3. The molecule has 0 spiro atoms. The summed E-state index contributed by atoms with van der Waals surface area (Å²) in [6, 6.07) is 10.2. The topological polar surface area (TPSA) is 110 Å². The number of aryl methyl sites for hydroxylation is 2. The third-order valence-electron chi connectivity index (χ3n) is 6.20. The zero-order chi connectivity index (χ0) is 23.4. The normalized spacial score (nSPS) is 15.0. The number of nitriles is 1. The van der Waals surface area contributed by atoms with E-state index in [1.807, 2.05) is 20.0 Å². The lowest BCUT2D eigenvalue weighted by Crippen LogP contribution is -2.55. The van der Waals surface area contributed by atoms with E-state index in [4.69, 9.17) is 0 Å². The molecule has 0 aliphatic carbocycles. The average Bonchev–Trinajstić information content (AvgIpc) is 3.26. The molecule has 1 aliphatic rings. The zero-order valence-electron chi connectivity index (χ0n) is 18.7. The molecule has 1 aromatic carbocycles. The molecule has 0 bridgehead atoms. The van der Waals surface area contributed by atoms with E-state index in [1.54, 1.807) is 12.1 Å². The van der Waals surface area contributed by atoms with Crippen molar-refractivity contribution in [2.75, 3.05) is 23.3 Å². The number of nitrogens with zero attached hydrogens (tertiary/aromatic N) is 4. The van der Waals surface area contributed by atoms with Gasteiger partial charge in [-0.25, -0.2) is 4.39 Å². The lowest BCUT2D eigenvalue weighted by atomic mass is 9.84. The van der Waals surface area contributed by atoms with Gasteiger partial charge in [0.2, 0.25) is 0 Å². The highest BCUT2D eigenvalue weighted by atomic mass is 19.1. The smallest absolute Gasteiger partial charge is 0.257 e. The van der Waals surface area contributed by atoms with E-state index in [0.29, 0.717) is 43.0 Å². The molecular weight excluding hydrogens is 421 g/mol. The quantitative estimate of drug-likeness (QED) is 0.527. The molecule has 9 heteroatoms. The summed E-state index contributed by atoms with van der Waals surface area (Å²) in [7, 11) is 0. The third kappa shape index (κ3) is 4.95. The molecular formula is C24H26FN7O. The zero-order valence-corrected chi connectivity index (χ0v) is 18.7. The number of carbonyl (C=O) groups excluding carboxylic acids is 1. The number of halogens is 1. The van der Waals surface area contributed by atoms with Gasteiger partial charge in [0.25, 0.3) is 5.91 Å². The molecule has 170 valence electrons. The number of amides is 1. The van der Waals surface area contributed by atoms with Crippen LogP contribution >= 0.6 is 0 Å². The van der Waals surface area contributed by atoms with Gasteiger partial charge in [0.15, 0.2) is 0 Å². The Hall–Kier alpha value is -3.93. The van der Waals surface area contributed by atoms with Crippen molar-refractivity contribution in [1.29, 1.82) is 5.26 Å². The van der Waals surface area contributed by atoms with Gasteiger partial charge in [-0.1, -0.05) is 0 Å². The van der Waals surface area contributed by atoms with E-state index >= 15 is 0 Å². The summed E-state index contributed by atoms with van der Waals surface area (Å²) in [4.78, 5) is 19.8. The summed E-state index contributed by atoms with van der Waals surface area (Å²) in [5.41, 5.74) is 3.52. The maximum absolute atomic E-state index is 13.2.